The summed E-state index contributed by atoms with van der Waals surface area (Å²) in [5.74, 6) is -2.10. The van der Waals surface area contributed by atoms with Gasteiger partial charge >= 0.3 is 0 Å². The van der Waals surface area contributed by atoms with E-state index in [0.29, 0.717) is 25.5 Å². The highest BCUT2D eigenvalue weighted by Crippen LogP contribution is 2.21. The SMILES string of the molecule is CC(=O)NCCCCCC(=O)N1CCN(S(=O)(=O)c2ccc(F)cc2F)CC1. The number of hydrogen-bond donors (Lipinski definition) is 1. The van der Waals surface area contributed by atoms with Crippen LogP contribution in [-0.2, 0) is 19.6 Å². The number of amides is 2. The third-order valence-electron chi connectivity index (χ3n) is 4.54. The zero-order chi connectivity index (χ0) is 20.7. The topological polar surface area (TPSA) is 86.8 Å². The van der Waals surface area contributed by atoms with Gasteiger partial charge in [0.1, 0.15) is 16.5 Å². The van der Waals surface area contributed by atoms with Crippen molar-refractivity contribution in [3.63, 3.8) is 0 Å². The molecule has 0 radical (unpaired) electrons. The smallest absolute Gasteiger partial charge is 0.246 e. The number of nitrogens with one attached hydrogen (secondary N) is 1. The van der Waals surface area contributed by atoms with Crippen molar-refractivity contribution in [2.75, 3.05) is 32.7 Å². The van der Waals surface area contributed by atoms with Crippen molar-refractivity contribution in [1.29, 1.82) is 0 Å². The third-order valence-corrected chi connectivity index (χ3v) is 6.48. The molecule has 1 heterocycles. The first-order valence-electron chi connectivity index (χ1n) is 9.19. The standard InChI is InChI=1S/C18H25F2N3O4S/c1-14(24)21-8-4-2-3-5-18(25)22-9-11-23(12-10-22)28(26,27)17-7-6-15(19)13-16(17)20/h6-7,13H,2-5,8-12H2,1H3,(H,21,24). The van der Waals surface area contributed by atoms with Crippen LogP contribution in [0.5, 0.6) is 0 Å². The molecule has 0 spiro atoms. The summed E-state index contributed by atoms with van der Waals surface area (Å²) < 4.78 is 53.1. The van der Waals surface area contributed by atoms with E-state index in [9.17, 15) is 26.8 Å². The van der Waals surface area contributed by atoms with Gasteiger partial charge in [0.25, 0.3) is 0 Å². The van der Waals surface area contributed by atoms with Gasteiger partial charge in [-0.2, -0.15) is 4.31 Å². The lowest BCUT2D eigenvalue weighted by Gasteiger charge is -2.34. The van der Waals surface area contributed by atoms with Gasteiger partial charge in [-0.25, -0.2) is 17.2 Å². The van der Waals surface area contributed by atoms with Gasteiger partial charge in [-0.15, -0.1) is 0 Å². The second-order valence-corrected chi connectivity index (χ2v) is 8.56. The Labute approximate surface area is 163 Å². The highest BCUT2D eigenvalue weighted by molar-refractivity contribution is 7.89. The highest BCUT2D eigenvalue weighted by Gasteiger charge is 2.31. The average Bonchev–Trinajstić information content (AvgIpc) is 2.64. The minimum Gasteiger partial charge on any atom is -0.356 e. The summed E-state index contributed by atoms with van der Waals surface area (Å²) in [6, 6.07) is 2.36. The summed E-state index contributed by atoms with van der Waals surface area (Å²) in [6.07, 6.45) is 2.66. The Bertz CT molecular complexity index is 809. The summed E-state index contributed by atoms with van der Waals surface area (Å²) in [4.78, 5) is 24.0. The fourth-order valence-corrected chi connectivity index (χ4v) is 4.47. The molecule has 2 amide bonds. The maximum atomic E-state index is 13.8. The largest absolute Gasteiger partial charge is 0.356 e. The molecule has 10 heteroatoms. The lowest BCUT2D eigenvalue weighted by Crippen LogP contribution is -2.50. The van der Waals surface area contributed by atoms with Crippen LogP contribution in [0.3, 0.4) is 0 Å². The number of rotatable bonds is 8. The van der Waals surface area contributed by atoms with Gasteiger partial charge in [-0.05, 0) is 25.0 Å². The first-order valence-corrected chi connectivity index (χ1v) is 10.6. The van der Waals surface area contributed by atoms with E-state index in [1.54, 1.807) is 4.90 Å². The molecule has 1 aliphatic rings. The van der Waals surface area contributed by atoms with Gasteiger partial charge < -0.3 is 10.2 Å². The molecule has 1 N–H and O–H groups in total. The Kier molecular flexibility index (Phi) is 7.88. The van der Waals surface area contributed by atoms with Gasteiger partial charge in [0.15, 0.2) is 0 Å². The molecule has 1 aromatic carbocycles. The molecular formula is C18H25F2N3O4S. The van der Waals surface area contributed by atoms with E-state index in [2.05, 4.69) is 5.32 Å². The Morgan fingerprint density at radius 1 is 1.07 bits per heavy atom. The molecule has 28 heavy (non-hydrogen) atoms. The lowest BCUT2D eigenvalue weighted by molar-refractivity contribution is -0.132. The zero-order valence-corrected chi connectivity index (χ0v) is 16.6. The van der Waals surface area contributed by atoms with Crippen LogP contribution in [0.15, 0.2) is 23.1 Å². The van der Waals surface area contributed by atoms with Crippen molar-refractivity contribution in [2.24, 2.45) is 0 Å². The van der Waals surface area contributed by atoms with Crippen LogP contribution in [0.2, 0.25) is 0 Å². The van der Waals surface area contributed by atoms with Crippen LogP contribution in [0.25, 0.3) is 0 Å². The number of unbranched alkanes of at least 4 members (excludes halogenated alkanes) is 2. The summed E-state index contributed by atoms with van der Waals surface area (Å²) >= 11 is 0. The van der Waals surface area contributed by atoms with Crippen molar-refractivity contribution in [1.82, 2.24) is 14.5 Å². The molecule has 156 valence electrons. The number of hydrogen-bond acceptors (Lipinski definition) is 4. The van der Waals surface area contributed by atoms with Crippen molar-refractivity contribution in [3.05, 3.63) is 29.8 Å². The maximum absolute atomic E-state index is 13.8. The second-order valence-electron chi connectivity index (χ2n) is 6.65. The lowest BCUT2D eigenvalue weighted by atomic mass is 10.1. The minimum atomic E-state index is -4.07. The van der Waals surface area contributed by atoms with Gasteiger partial charge in [0.2, 0.25) is 21.8 Å². The highest BCUT2D eigenvalue weighted by atomic mass is 32.2. The normalized spacial score (nSPS) is 15.5. The van der Waals surface area contributed by atoms with Gasteiger partial charge in [0, 0.05) is 52.1 Å². The maximum Gasteiger partial charge on any atom is 0.246 e. The molecule has 1 fully saturated rings. The number of benzene rings is 1. The van der Waals surface area contributed by atoms with Crippen molar-refractivity contribution in [3.8, 4) is 0 Å². The molecule has 7 nitrogen and oxygen atoms in total. The van der Waals surface area contributed by atoms with E-state index in [0.717, 1.165) is 29.3 Å². The molecular weight excluding hydrogens is 392 g/mol. The van der Waals surface area contributed by atoms with Gasteiger partial charge in [0.05, 0.1) is 0 Å². The predicted octanol–water partition coefficient (Wildman–Crippen LogP) is 1.49. The van der Waals surface area contributed by atoms with Gasteiger partial charge in [-0.3, -0.25) is 9.59 Å². The van der Waals surface area contributed by atoms with Crippen molar-refractivity contribution in [2.45, 2.75) is 37.5 Å². The number of nitrogens with zero attached hydrogens (tertiary/aromatic N) is 2. The van der Waals surface area contributed by atoms with Crippen LogP contribution in [0.4, 0.5) is 8.78 Å². The number of piperazine rings is 1. The van der Waals surface area contributed by atoms with Crippen LogP contribution in [-0.4, -0.2) is 62.2 Å². The fraction of sp³-hybridized carbons (Fsp3) is 0.556. The Hall–Kier alpha value is -2.07. The molecule has 0 aliphatic carbocycles. The minimum absolute atomic E-state index is 0.0514. The Balaban J connectivity index is 1.80. The molecule has 0 saturated carbocycles. The van der Waals surface area contributed by atoms with E-state index < -0.39 is 26.6 Å². The first kappa shape index (κ1) is 22.2. The van der Waals surface area contributed by atoms with Crippen molar-refractivity contribution < 1.29 is 26.8 Å². The fourth-order valence-electron chi connectivity index (χ4n) is 3.00. The number of halogens is 2. The second kappa shape index (κ2) is 9.92. The zero-order valence-electron chi connectivity index (χ0n) is 15.8. The molecule has 0 unspecified atom stereocenters. The molecule has 0 atom stereocenters. The summed E-state index contributed by atoms with van der Waals surface area (Å²) in [5, 5.41) is 2.69. The number of carbonyl (C=O) groups excluding carboxylic acids is 2. The predicted molar refractivity (Wildman–Crippen MR) is 98.8 cm³/mol. The average molecular weight is 417 g/mol. The van der Waals surface area contributed by atoms with E-state index in [-0.39, 0.29) is 38.0 Å². The van der Waals surface area contributed by atoms with E-state index >= 15 is 0 Å². The van der Waals surface area contributed by atoms with Crippen molar-refractivity contribution >= 4 is 21.8 Å². The molecule has 0 aromatic heterocycles. The Morgan fingerprint density at radius 2 is 1.75 bits per heavy atom. The van der Waals surface area contributed by atoms with E-state index in [1.165, 1.54) is 6.92 Å². The van der Waals surface area contributed by atoms with Crippen LogP contribution < -0.4 is 5.32 Å². The summed E-state index contributed by atoms with van der Waals surface area (Å²) in [6.45, 7) is 2.62. The molecule has 0 bridgehead atoms. The van der Waals surface area contributed by atoms with Gasteiger partial charge in [-0.1, -0.05) is 6.42 Å². The van der Waals surface area contributed by atoms with Crippen LogP contribution in [0, 0.1) is 11.6 Å². The Morgan fingerprint density at radius 3 is 2.36 bits per heavy atom. The van der Waals surface area contributed by atoms with E-state index in [4.69, 9.17) is 0 Å². The van der Waals surface area contributed by atoms with E-state index in [1.807, 2.05) is 0 Å². The summed E-state index contributed by atoms with van der Waals surface area (Å²) in [7, 11) is -4.07. The third kappa shape index (κ3) is 5.96. The molecule has 2 rings (SSSR count). The first-order chi connectivity index (χ1) is 13.2. The monoisotopic (exact) mass is 417 g/mol. The van der Waals surface area contributed by atoms with Crippen LogP contribution >= 0.6 is 0 Å². The molecule has 1 aromatic rings. The van der Waals surface area contributed by atoms with Crippen LogP contribution in [0.1, 0.15) is 32.6 Å². The molecule has 1 saturated heterocycles. The number of carbonyl (C=O) groups is 2. The molecule has 1 aliphatic heterocycles. The quantitative estimate of drug-likeness (QED) is 0.650. The number of sulfonamides is 1. The summed E-state index contributed by atoms with van der Waals surface area (Å²) in [5.41, 5.74) is 0.